The number of carbonyl (C=O) groups is 2. The van der Waals surface area contributed by atoms with Crippen LogP contribution in [-0.2, 0) is 16.1 Å². The number of rotatable bonds is 9. The topological polar surface area (TPSA) is 49.4 Å². The fraction of sp³-hybridized carbons (Fsp3) is 0.364. The molecule has 4 nitrogen and oxygen atoms in total. The molecule has 0 aliphatic heterocycles. The predicted molar refractivity (Wildman–Crippen MR) is 117 cm³/mol. The van der Waals surface area contributed by atoms with Crippen LogP contribution in [0.3, 0.4) is 0 Å². The highest BCUT2D eigenvalue weighted by Crippen LogP contribution is 2.21. The van der Waals surface area contributed by atoms with E-state index in [1.165, 1.54) is 5.56 Å². The third-order valence-electron chi connectivity index (χ3n) is 4.50. The van der Waals surface area contributed by atoms with Gasteiger partial charge in [-0.2, -0.15) is 0 Å². The maximum absolute atomic E-state index is 13.0. The maximum Gasteiger partial charge on any atom is 0.242 e. The molecule has 0 radical (unpaired) electrons. The molecule has 28 heavy (non-hydrogen) atoms. The molecule has 0 fully saturated rings. The highest BCUT2D eigenvalue weighted by molar-refractivity contribution is 7.99. The third-order valence-corrected chi connectivity index (χ3v) is 5.77. The number of hydrogen-bond donors (Lipinski definition) is 1. The van der Waals surface area contributed by atoms with Crippen LogP contribution in [0.2, 0.25) is 5.02 Å². The highest BCUT2D eigenvalue weighted by Gasteiger charge is 2.27. The number of hydrogen-bond acceptors (Lipinski definition) is 3. The average molecular weight is 419 g/mol. The number of amides is 2. The number of likely N-dealkylation sites (N-methyl/N-ethyl adjacent to an activating group) is 1. The Hall–Kier alpha value is -1.98. The van der Waals surface area contributed by atoms with E-state index in [0.717, 1.165) is 10.5 Å². The molecule has 0 aromatic heterocycles. The lowest BCUT2D eigenvalue weighted by Crippen LogP contribution is -2.48. The van der Waals surface area contributed by atoms with Gasteiger partial charge < -0.3 is 10.2 Å². The van der Waals surface area contributed by atoms with E-state index in [4.69, 9.17) is 11.6 Å². The summed E-state index contributed by atoms with van der Waals surface area (Å²) < 4.78 is 0. The van der Waals surface area contributed by atoms with E-state index in [9.17, 15) is 9.59 Å². The van der Waals surface area contributed by atoms with Crippen LogP contribution in [0.15, 0.2) is 53.4 Å². The number of aryl methyl sites for hydroxylation is 1. The van der Waals surface area contributed by atoms with Crippen molar-refractivity contribution in [3.8, 4) is 0 Å². The molecule has 0 aliphatic carbocycles. The number of nitrogens with zero attached hydrogens (tertiary/aromatic N) is 1. The Morgan fingerprint density at radius 3 is 2.32 bits per heavy atom. The zero-order chi connectivity index (χ0) is 20.5. The molecule has 0 unspecified atom stereocenters. The Balaban J connectivity index is 2.07. The Bertz CT molecular complexity index is 778. The summed E-state index contributed by atoms with van der Waals surface area (Å²) in [5, 5.41) is 3.32. The number of halogens is 1. The van der Waals surface area contributed by atoms with Gasteiger partial charge in [0.25, 0.3) is 0 Å². The predicted octanol–water partition coefficient (Wildman–Crippen LogP) is 4.68. The number of thioether (sulfide) groups is 1. The van der Waals surface area contributed by atoms with Crippen molar-refractivity contribution in [3.05, 3.63) is 64.7 Å². The zero-order valence-electron chi connectivity index (χ0n) is 16.6. The van der Waals surface area contributed by atoms with Crippen LogP contribution in [0.1, 0.15) is 30.9 Å². The first kappa shape index (κ1) is 22.3. The van der Waals surface area contributed by atoms with E-state index in [1.807, 2.05) is 19.1 Å². The summed E-state index contributed by atoms with van der Waals surface area (Å²) in [6.07, 6.45) is 0.934. The summed E-state index contributed by atoms with van der Waals surface area (Å²) >= 11 is 7.61. The van der Waals surface area contributed by atoms with Crippen molar-refractivity contribution < 1.29 is 9.59 Å². The van der Waals surface area contributed by atoms with Gasteiger partial charge in [0.2, 0.25) is 11.8 Å². The van der Waals surface area contributed by atoms with Gasteiger partial charge in [-0.3, -0.25) is 9.59 Å². The fourth-order valence-electron chi connectivity index (χ4n) is 2.91. The van der Waals surface area contributed by atoms with E-state index in [1.54, 1.807) is 35.8 Å². The van der Waals surface area contributed by atoms with Gasteiger partial charge >= 0.3 is 0 Å². The first-order valence-electron chi connectivity index (χ1n) is 9.39. The van der Waals surface area contributed by atoms with Gasteiger partial charge in [0.15, 0.2) is 0 Å². The monoisotopic (exact) mass is 418 g/mol. The minimum atomic E-state index is -0.488. The van der Waals surface area contributed by atoms with E-state index < -0.39 is 6.04 Å². The molecule has 0 saturated carbocycles. The van der Waals surface area contributed by atoms with Crippen LogP contribution >= 0.6 is 23.4 Å². The molecular formula is C22H27ClN2O2S. The average Bonchev–Trinajstić information content (AvgIpc) is 2.70. The van der Waals surface area contributed by atoms with Gasteiger partial charge in [0, 0.05) is 35.7 Å². The number of benzene rings is 2. The minimum absolute atomic E-state index is 0.0231. The zero-order valence-corrected chi connectivity index (χ0v) is 18.1. The number of carbonyl (C=O) groups excluding carboxylic acids is 2. The summed E-state index contributed by atoms with van der Waals surface area (Å²) in [6, 6.07) is 15.1. The summed E-state index contributed by atoms with van der Waals surface area (Å²) in [4.78, 5) is 28.1. The maximum atomic E-state index is 13.0. The second-order valence-electron chi connectivity index (χ2n) is 6.60. The molecule has 1 N–H and O–H groups in total. The molecule has 0 saturated heterocycles. The van der Waals surface area contributed by atoms with Crippen molar-refractivity contribution >= 4 is 35.2 Å². The van der Waals surface area contributed by atoms with Crippen LogP contribution in [0.5, 0.6) is 0 Å². The molecule has 0 aliphatic rings. The van der Waals surface area contributed by atoms with Crippen LogP contribution in [0.4, 0.5) is 0 Å². The van der Waals surface area contributed by atoms with Gasteiger partial charge in [0.1, 0.15) is 6.04 Å². The Labute approximate surface area is 176 Å². The molecule has 1 atom stereocenters. The molecule has 0 bridgehead atoms. The van der Waals surface area contributed by atoms with E-state index in [2.05, 4.69) is 36.5 Å². The standard InChI is InChI=1S/C22H27ClN2O2S/c1-4-20(22(27)24-3)25(15-17-7-9-18(23)10-8-17)21(26)13-14-28-19-11-5-16(2)6-12-19/h5-12,20H,4,13-15H2,1-3H3,(H,24,27)/t20-/m0/s1. The lowest BCUT2D eigenvalue weighted by atomic mass is 10.1. The summed E-state index contributed by atoms with van der Waals surface area (Å²) in [5.41, 5.74) is 2.16. The van der Waals surface area contributed by atoms with E-state index in [0.29, 0.717) is 30.2 Å². The lowest BCUT2D eigenvalue weighted by molar-refractivity contribution is -0.140. The second-order valence-corrected chi connectivity index (χ2v) is 8.20. The lowest BCUT2D eigenvalue weighted by Gasteiger charge is -2.30. The molecule has 2 aromatic rings. The first-order valence-corrected chi connectivity index (χ1v) is 10.8. The van der Waals surface area contributed by atoms with Crippen molar-refractivity contribution in [2.75, 3.05) is 12.8 Å². The van der Waals surface area contributed by atoms with Crippen LogP contribution in [0, 0.1) is 6.92 Å². The second kappa shape index (κ2) is 11.1. The molecule has 2 rings (SSSR count). The smallest absolute Gasteiger partial charge is 0.242 e. The molecule has 6 heteroatoms. The molecule has 0 spiro atoms. The quantitative estimate of drug-likeness (QED) is 0.601. The van der Waals surface area contributed by atoms with Gasteiger partial charge in [-0.15, -0.1) is 11.8 Å². The Morgan fingerprint density at radius 2 is 1.75 bits per heavy atom. The van der Waals surface area contributed by atoms with Crippen LogP contribution in [0.25, 0.3) is 0 Å². The molecule has 2 amide bonds. The van der Waals surface area contributed by atoms with Crippen molar-refractivity contribution in [1.29, 1.82) is 0 Å². The largest absolute Gasteiger partial charge is 0.357 e. The van der Waals surface area contributed by atoms with E-state index in [-0.39, 0.29) is 11.8 Å². The molecule has 0 heterocycles. The molecular weight excluding hydrogens is 392 g/mol. The van der Waals surface area contributed by atoms with Crippen LogP contribution in [-0.4, -0.2) is 35.6 Å². The SMILES string of the molecule is CC[C@@H](C(=O)NC)N(Cc1ccc(Cl)cc1)C(=O)CCSc1ccc(C)cc1. The van der Waals surface area contributed by atoms with Gasteiger partial charge in [0.05, 0.1) is 0 Å². The molecule has 2 aromatic carbocycles. The first-order chi connectivity index (χ1) is 13.4. The summed E-state index contributed by atoms with van der Waals surface area (Å²) in [7, 11) is 1.60. The number of nitrogens with one attached hydrogen (secondary N) is 1. The summed E-state index contributed by atoms with van der Waals surface area (Å²) in [6.45, 7) is 4.36. The molecule has 150 valence electrons. The van der Waals surface area contributed by atoms with Crippen molar-refractivity contribution in [2.45, 2.75) is 44.2 Å². The van der Waals surface area contributed by atoms with Crippen LogP contribution < -0.4 is 5.32 Å². The Morgan fingerprint density at radius 1 is 1.11 bits per heavy atom. The van der Waals surface area contributed by atoms with Crippen molar-refractivity contribution in [2.24, 2.45) is 0 Å². The van der Waals surface area contributed by atoms with Crippen molar-refractivity contribution in [1.82, 2.24) is 10.2 Å². The highest BCUT2D eigenvalue weighted by atomic mass is 35.5. The van der Waals surface area contributed by atoms with Gasteiger partial charge in [-0.05, 0) is 43.2 Å². The minimum Gasteiger partial charge on any atom is -0.357 e. The third kappa shape index (κ3) is 6.57. The van der Waals surface area contributed by atoms with Gasteiger partial charge in [-0.25, -0.2) is 0 Å². The van der Waals surface area contributed by atoms with E-state index >= 15 is 0 Å². The van der Waals surface area contributed by atoms with Crippen molar-refractivity contribution in [3.63, 3.8) is 0 Å². The Kier molecular flexibility index (Phi) is 8.87. The fourth-order valence-corrected chi connectivity index (χ4v) is 3.87. The summed E-state index contributed by atoms with van der Waals surface area (Å²) in [5.74, 6) is 0.504. The normalized spacial score (nSPS) is 11.7. The van der Waals surface area contributed by atoms with Gasteiger partial charge in [-0.1, -0.05) is 48.4 Å².